The number of aliphatic hydroxyl groups excluding tert-OH is 1. The third kappa shape index (κ3) is 4.48. The number of nitro groups is 1. The summed E-state index contributed by atoms with van der Waals surface area (Å²) in [6.45, 7) is 0. The number of non-ortho nitro benzene ring substituents is 1. The number of halogens is 1. The minimum atomic E-state index is -4.14. The summed E-state index contributed by atoms with van der Waals surface area (Å²) in [5, 5.41) is 25.1. The SMILES string of the molecule is COP(=O)(OC)[C@@](Nc1cccc2c1CCC2)(c1ccc(Cl)cc1)[C@@H](O)c1ccc([N+](=O)[O-])cc1. The van der Waals surface area contributed by atoms with Crippen LogP contribution in [0.4, 0.5) is 11.4 Å². The predicted octanol–water partition coefficient (Wildman–Crippen LogP) is 6.22. The van der Waals surface area contributed by atoms with Gasteiger partial charge in [-0.15, -0.1) is 0 Å². The van der Waals surface area contributed by atoms with Gasteiger partial charge in [-0.3, -0.25) is 14.7 Å². The molecule has 3 aromatic carbocycles. The van der Waals surface area contributed by atoms with E-state index >= 15 is 0 Å². The topological polar surface area (TPSA) is 111 Å². The first-order valence-electron chi connectivity index (χ1n) is 11.0. The van der Waals surface area contributed by atoms with Crippen LogP contribution in [0.15, 0.2) is 66.7 Å². The van der Waals surface area contributed by atoms with Crippen molar-refractivity contribution in [3.63, 3.8) is 0 Å². The number of nitro benzene ring substituents is 1. The average Bonchev–Trinajstić information content (AvgIpc) is 3.37. The number of anilines is 1. The van der Waals surface area contributed by atoms with Crippen LogP contribution in [0.3, 0.4) is 0 Å². The molecule has 0 unspecified atom stereocenters. The van der Waals surface area contributed by atoms with E-state index in [9.17, 15) is 19.8 Å². The first kappa shape index (κ1) is 25.4. The highest BCUT2D eigenvalue weighted by Gasteiger charge is 2.58. The second-order valence-corrected chi connectivity index (χ2v) is 11.2. The Morgan fingerprint density at radius 3 is 2.31 bits per heavy atom. The van der Waals surface area contributed by atoms with Crippen LogP contribution in [0, 0.1) is 10.1 Å². The molecule has 35 heavy (non-hydrogen) atoms. The summed E-state index contributed by atoms with van der Waals surface area (Å²) in [6.07, 6.45) is 1.25. The number of benzene rings is 3. The summed E-state index contributed by atoms with van der Waals surface area (Å²) in [7, 11) is -1.62. The summed E-state index contributed by atoms with van der Waals surface area (Å²) in [5.74, 6) is 0. The molecule has 2 N–H and O–H groups in total. The molecule has 2 atom stereocenters. The zero-order chi connectivity index (χ0) is 25.2. The van der Waals surface area contributed by atoms with Crippen molar-refractivity contribution in [1.29, 1.82) is 0 Å². The largest absolute Gasteiger partial charge is 0.385 e. The zero-order valence-corrected chi connectivity index (χ0v) is 21.0. The van der Waals surface area contributed by atoms with Crippen LogP contribution < -0.4 is 5.32 Å². The van der Waals surface area contributed by atoms with Gasteiger partial charge in [-0.2, -0.15) is 0 Å². The Hall–Kier alpha value is -2.74. The fourth-order valence-electron chi connectivity index (χ4n) is 4.70. The van der Waals surface area contributed by atoms with E-state index in [-0.39, 0.29) is 5.69 Å². The van der Waals surface area contributed by atoms with Gasteiger partial charge in [-0.25, -0.2) is 0 Å². The first-order chi connectivity index (χ1) is 16.8. The zero-order valence-electron chi connectivity index (χ0n) is 19.3. The molecule has 8 nitrogen and oxygen atoms in total. The highest BCUT2D eigenvalue weighted by atomic mass is 35.5. The summed E-state index contributed by atoms with van der Waals surface area (Å²) in [5.41, 5.74) is 3.52. The first-order valence-corrected chi connectivity index (χ1v) is 13.0. The van der Waals surface area contributed by atoms with Gasteiger partial charge >= 0.3 is 7.60 Å². The van der Waals surface area contributed by atoms with E-state index in [1.165, 1.54) is 44.0 Å². The van der Waals surface area contributed by atoms with E-state index in [1.54, 1.807) is 24.3 Å². The number of fused-ring (bicyclic) bond motifs is 1. The maximum absolute atomic E-state index is 14.3. The van der Waals surface area contributed by atoms with E-state index < -0.39 is 23.9 Å². The van der Waals surface area contributed by atoms with Crippen LogP contribution in [0.1, 0.15) is 34.8 Å². The number of aliphatic hydroxyl groups is 1. The fourth-order valence-corrected chi connectivity index (χ4v) is 6.73. The second kappa shape index (κ2) is 10.1. The van der Waals surface area contributed by atoms with Crippen molar-refractivity contribution < 1.29 is 23.6 Å². The van der Waals surface area contributed by atoms with E-state index in [4.69, 9.17) is 20.6 Å². The maximum atomic E-state index is 14.3. The Kier molecular flexibility index (Phi) is 7.31. The molecule has 0 fully saturated rings. The summed E-state index contributed by atoms with van der Waals surface area (Å²) >= 11 is 6.15. The Morgan fingerprint density at radius 2 is 1.71 bits per heavy atom. The van der Waals surface area contributed by atoms with Gasteiger partial charge in [-0.1, -0.05) is 35.9 Å². The van der Waals surface area contributed by atoms with Crippen molar-refractivity contribution in [2.75, 3.05) is 19.5 Å². The lowest BCUT2D eigenvalue weighted by Gasteiger charge is -2.43. The van der Waals surface area contributed by atoms with Crippen LogP contribution in [0.5, 0.6) is 0 Å². The Labute approximate surface area is 208 Å². The van der Waals surface area contributed by atoms with Gasteiger partial charge in [0.05, 0.1) is 4.92 Å². The molecule has 1 aliphatic rings. The number of aryl methyl sites for hydroxylation is 1. The molecule has 1 aliphatic carbocycles. The van der Waals surface area contributed by atoms with Crippen LogP contribution in [0.2, 0.25) is 5.02 Å². The number of nitrogens with one attached hydrogen (secondary N) is 1. The molecule has 10 heteroatoms. The quantitative estimate of drug-likeness (QED) is 0.197. The van der Waals surface area contributed by atoms with E-state index in [0.29, 0.717) is 21.8 Å². The van der Waals surface area contributed by atoms with E-state index in [0.717, 1.165) is 24.8 Å². The van der Waals surface area contributed by atoms with Gasteiger partial charge in [0.1, 0.15) is 6.10 Å². The molecule has 184 valence electrons. The third-order valence-electron chi connectivity index (χ3n) is 6.48. The standard InChI is InChI=1S/C25H26ClN2O6P/c1-33-35(32,34-2)25(19-11-13-20(26)14-12-19,24(29)18-9-15-21(16-10-18)28(30)31)27-23-8-4-6-17-5-3-7-22(17)23/h4,6,8-16,24,27,29H,3,5,7H2,1-2H3/t24-,25-/m0/s1. The monoisotopic (exact) mass is 516 g/mol. The van der Waals surface area contributed by atoms with Gasteiger partial charge in [0, 0.05) is 37.1 Å². The van der Waals surface area contributed by atoms with Crippen molar-refractivity contribution in [1.82, 2.24) is 0 Å². The van der Waals surface area contributed by atoms with Crippen LogP contribution in [0.25, 0.3) is 0 Å². The number of rotatable bonds is 9. The molecule has 0 saturated heterocycles. The molecule has 3 aromatic rings. The van der Waals surface area contributed by atoms with Gasteiger partial charge in [0.25, 0.3) is 5.69 Å². The fraction of sp³-hybridized carbons (Fsp3) is 0.280. The molecule has 0 amide bonds. The van der Waals surface area contributed by atoms with Crippen molar-refractivity contribution in [2.45, 2.75) is 30.6 Å². The molecule has 0 spiro atoms. The number of hydrogen-bond acceptors (Lipinski definition) is 7. The normalized spacial score (nSPS) is 15.8. The Bertz CT molecular complexity index is 1260. The minimum Gasteiger partial charge on any atom is -0.385 e. The summed E-state index contributed by atoms with van der Waals surface area (Å²) in [4.78, 5) is 10.6. The molecule has 0 radical (unpaired) electrons. The van der Waals surface area contributed by atoms with E-state index in [2.05, 4.69) is 11.4 Å². The molecular formula is C25H26ClN2O6P. The van der Waals surface area contributed by atoms with Gasteiger partial charge in [-0.05, 0) is 71.8 Å². The Morgan fingerprint density at radius 1 is 1.06 bits per heavy atom. The van der Waals surface area contributed by atoms with Gasteiger partial charge in [0.15, 0.2) is 5.28 Å². The Balaban J connectivity index is 1.97. The smallest absolute Gasteiger partial charge is 0.362 e. The average molecular weight is 517 g/mol. The summed E-state index contributed by atoms with van der Waals surface area (Å²) < 4.78 is 25.4. The summed E-state index contributed by atoms with van der Waals surface area (Å²) in [6, 6.07) is 17.8. The van der Waals surface area contributed by atoms with Crippen molar-refractivity contribution in [3.8, 4) is 0 Å². The second-order valence-electron chi connectivity index (χ2n) is 8.31. The highest BCUT2D eigenvalue weighted by molar-refractivity contribution is 7.55. The maximum Gasteiger partial charge on any atom is 0.362 e. The molecule has 0 aliphatic heterocycles. The van der Waals surface area contributed by atoms with Gasteiger partial charge < -0.3 is 19.5 Å². The molecule has 0 aromatic heterocycles. The minimum absolute atomic E-state index is 0.131. The lowest BCUT2D eigenvalue weighted by atomic mass is 9.93. The number of hydrogen-bond donors (Lipinski definition) is 2. The van der Waals surface area contributed by atoms with Crippen LogP contribution >= 0.6 is 19.2 Å². The van der Waals surface area contributed by atoms with Crippen molar-refractivity contribution in [3.05, 3.63) is 104 Å². The lowest BCUT2D eigenvalue weighted by Crippen LogP contribution is -2.42. The van der Waals surface area contributed by atoms with E-state index in [1.807, 2.05) is 12.1 Å². The van der Waals surface area contributed by atoms with Gasteiger partial charge in [0.2, 0.25) is 0 Å². The van der Waals surface area contributed by atoms with Crippen LogP contribution in [-0.4, -0.2) is 24.2 Å². The molecule has 0 saturated carbocycles. The van der Waals surface area contributed by atoms with Crippen molar-refractivity contribution in [2.24, 2.45) is 0 Å². The molecule has 4 rings (SSSR count). The highest BCUT2D eigenvalue weighted by Crippen LogP contribution is 2.68. The van der Waals surface area contributed by atoms with Crippen LogP contribution in [-0.2, 0) is 31.7 Å². The lowest BCUT2D eigenvalue weighted by molar-refractivity contribution is -0.384. The predicted molar refractivity (Wildman–Crippen MR) is 135 cm³/mol. The number of nitrogens with zero attached hydrogens (tertiary/aromatic N) is 1. The molecule has 0 heterocycles. The molecular weight excluding hydrogens is 491 g/mol. The molecule has 0 bridgehead atoms. The van der Waals surface area contributed by atoms with Crippen molar-refractivity contribution >= 4 is 30.6 Å². The third-order valence-corrected chi connectivity index (χ3v) is 9.18.